The van der Waals surface area contributed by atoms with Crippen LogP contribution in [-0.4, -0.2) is 32.6 Å². The molecule has 0 N–H and O–H groups in total. The number of carbonyl (C=O) groups is 1. The topological polar surface area (TPSA) is 84.7 Å². The predicted octanol–water partition coefficient (Wildman–Crippen LogP) is 5.83. The summed E-state index contributed by atoms with van der Waals surface area (Å²) in [5.41, 5.74) is 1.75. The number of amides is 1. The van der Waals surface area contributed by atoms with Gasteiger partial charge in [0.05, 0.1) is 17.7 Å². The SMILES string of the molecule is O=C(CSc1nnc(C2CCCCC2)o1)N1N=C(c2ccc(Cl)cc2)CC1c1ccco1. The Hall–Kier alpha value is -2.58. The van der Waals surface area contributed by atoms with Gasteiger partial charge >= 0.3 is 0 Å². The Morgan fingerprint density at radius 2 is 1.94 bits per heavy atom. The van der Waals surface area contributed by atoms with Gasteiger partial charge in [-0.15, -0.1) is 10.2 Å². The molecule has 1 saturated carbocycles. The van der Waals surface area contributed by atoms with Gasteiger partial charge in [-0.25, -0.2) is 5.01 Å². The van der Waals surface area contributed by atoms with Crippen molar-refractivity contribution in [3.05, 3.63) is 64.9 Å². The van der Waals surface area contributed by atoms with Gasteiger partial charge in [-0.3, -0.25) is 4.79 Å². The Kier molecular flexibility index (Phi) is 6.32. The molecule has 1 aliphatic heterocycles. The first-order valence-corrected chi connectivity index (χ1v) is 12.2. The summed E-state index contributed by atoms with van der Waals surface area (Å²) in [5.74, 6) is 1.75. The highest BCUT2D eigenvalue weighted by Crippen LogP contribution is 2.35. The summed E-state index contributed by atoms with van der Waals surface area (Å²) in [4.78, 5) is 13.1. The molecule has 5 rings (SSSR count). The molecule has 0 saturated heterocycles. The van der Waals surface area contributed by atoms with Crippen molar-refractivity contribution in [2.45, 2.75) is 55.7 Å². The van der Waals surface area contributed by atoms with Gasteiger partial charge in [0, 0.05) is 17.4 Å². The second-order valence-corrected chi connectivity index (χ2v) is 9.42. The zero-order chi connectivity index (χ0) is 21.9. The minimum absolute atomic E-state index is 0.141. The molecule has 9 heteroatoms. The van der Waals surface area contributed by atoms with Crippen molar-refractivity contribution in [2.75, 3.05) is 5.75 Å². The van der Waals surface area contributed by atoms with E-state index in [2.05, 4.69) is 15.3 Å². The van der Waals surface area contributed by atoms with Gasteiger partial charge in [-0.05, 0) is 42.7 Å². The molecule has 2 aromatic heterocycles. The molecule has 1 fully saturated rings. The molecule has 166 valence electrons. The zero-order valence-electron chi connectivity index (χ0n) is 17.4. The van der Waals surface area contributed by atoms with Crippen molar-refractivity contribution in [1.82, 2.24) is 15.2 Å². The molecule has 0 radical (unpaired) electrons. The van der Waals surface area contributed by atoms with Crippen LogP contribution in [0.3, 0.4) is 0 Å². The molecule has 1 amide bonds. The number of aromatic nitrogens is 2. The smallest absolute Gasteiger partial charge is 0.277 e. The van der Waals surface area contributed by atoms with Crippen LogP contribution < -0.4 is 0 Å². The first kappa shape index (κ1) is 21.3. The largest absolute Gasteiger partial charge is 0.467 e. The Morgan fingerprint density at radius 3 is 2.69 bits per heavy atom. The second-order valence-electron chi connectivity index (χ2n) is 8.06. The number of thioether (sulfide) groups is 1. The fourth-order valence-corrected chi connectivity index (χ4v) is 4.99. The first-order chi connectivity index (χ1) is 15.7. The van der Waals surface area contributed by atoms with Crippen LogP contribution in [0.5, 0.6) is 0 Å². The molecule has 0 bridgehead atoms. The van der Waals surface area contributed by atoms with E-state index in [1.807, 2.05) is 36.4 Å². The molecule has 1 aromatic carbocycles. The number of carbonyl (C=O) groups excluding carboxylic acids is 1. The third-order valence-corrected chi connectivity index (χ3v) is 6.97. The Morgan fingerprint density at radius 1 is 1.12 bits per heavy atom. The van der Waals surface area contributed by atoms with Crippen LogP contribution in [-0.2, 0) is 4.79 Å². The molecule has 1 unspecified atom stereocenters. The minimum Gasteiger partial charge on any atom is -0.467 e. The van der Waals surface area contributed by atoms with Crippen LogP contribution in [0.25, 0.3) is 0 Å². The van der Waals surface area contributed by atoms with Gasteiger partial charge in [0.2, 0.25) is 5.89 Å². The van der Waals surface area contributed by atoms with Crippen molar-refractivity contribution < 1.29 is 13.6 Å². The summed E-state index contributed by atoms with van der Waals surface area (Å²) in [7, 11) is 0. The Bertz CT molecular complexity index is 1090. The van der Waals surface area contributed by atoms with Crippen LogP contribution >= 0.6 is 23.4 Å². The van der Waals surface area contributed by atoms with Crippen LogP contribution in [0, 0.1) is 0 Å². The lowest BCUT2D eigenvalue weighted by Gasteiger charge is -2.19. The zero-order valence-corrected chi connectivity index (χ0v) is 19.0. The standard InChI is InChI=1S/C23H23ClN4O3S/c24-17-10-8-15(9-11-17)18-13-19(20-7-4-12-30-20)28(27-18)21(29)14-32-23-26-25-22(31-23)16-5-2-1-3-6-16/h4,7-12,16,19H,1-3,5-6,13-14H2. The molecule has 1 aliphatic carbocycles. The number of halogens is 1. The number of hydrazone groups is 1. The normalized spacial score (nSPS) is 19.3. The molecule has 0 spiro atoms. The summed E-state index contributed by atoms with van der Waals surface area (Å²) in [6.07, 6.45) is 8.02. The molecule has 3 heterocycles. The molecular weight excluding hydrogens is 448 g/mol. The van der Waals surface area contributed by atoms with E-state index in [9.17, 15) is 4.79 Å². The van der Waals surface area contributed by atoms with E-state index in [4.69, 9.17) is 20.4 Å². The van der Waals surface area contributed by atoms with E-state index in [0.29, 0.717) is 34.2 Å². The summed E-state index contributed by atoms with van der Waals surface area (Å²) >= 11 is 7.27. The second kappa shape index (κ2) is 9.50. The lowest BCUT2D eigenvalue weighted by Crippen LogP contribution is -2.28. The van der Waals surface area contributed by atoms with Crippen LogP contribution in [0.15, 0.2) is 61.8 Å². The lowest BCUT2D eigenvalue weighted by atomic mass is 9.89. The van der Waals surface area contributed by atoms with Crippen LogP contribution in [0.1, 0.15) is 67.7 Å². The number of nitrogens with zero attached hydrogens (tertiary/aromatic N) is 4. The maximum atomic E-state index is 13.1. The Labute approximate surface area is 195 Å². The molecule has 7 nitrogen and oxygen atoms in total. The van der Waals surface area contributed by atoms with E-state index < -0.39 is 0 Å². The monoisotopic (exact) mass is 470 g/mol. The number of rotatable bonds is 6. The van der Waals surface area contributed by atoms with E-state index >= 15 is 0 Å². The predicted molar refractivity (Wildman–Crippen MR) is 122 cm³/mol. The lowest BCUT2D eigenvalue weighted by molar-refractivity contribution is -0.130. The van der Waals surface area contributed by atoms with E-state index in [1.165, 1.54) is 36.0 Å². The molecule has 2 aliphatic rings. The van der Waals surface area contributed by atoms with E-state index in [0.717, 1.165) is 24.1 Å². The maximum Gasteiger partial charge on any atom is 0.277 e. The molecule has 3 aromatic rings. The van der Waals surface area contributed by atoms with Gasteiger partial charge in [-0.1, -0.05) is 54.8 Å². The fourth-order valence-electron chi connectivity index (χ4n) is 4.24. The third-order valence-electron chi connectivity index (χ3n) is 5.91. The Balaban J connectivity index is 1.29. The van der Waals surface area contributed by atoms with Gasteiger partial charge in [0.25, 0.3) is 11.1 Å². The highest BCUT2D eigenvalue weighted by atomic mass is 35.5. The van der Waals surface area contributed by atoms with Crippen molar-refractivity contribution in [3.63, 3.8) is 0 Å². The molecule has 32 heavy (non-hydrogen) atoms. The average Bonchev–Trinajstić information content (AvgIpc) is 3.59. The summed E-state index contributed by atoms with van der Waals surface area (Å²) in [5, 5.41) is 15.6. The number of benzene rings is 1. The van der Waals surface area contributed by atoms with E-state index in [1.54, 1.807) is 6.26 Å². The minimum atomic E-state index is -0.288. The highest BCUT2D eigenvalue weighted by molar-refractivity contribution is 7.99. The molecule has 1 atom stereocenters. The maximum absolute atomic E-state index is 13.1. The third kappa shape index (κ3) is 4.61. The number of hydrogen-bond donors (Lipinski definition) is 0. The van der Waals surface area contributed by atoms with Crippen LogP contribution in [0.2, 0.25) is 5.02 Å². The summed E-state index contributed by atoms with van der Waals surface area (Å²) < 4.78 is 11.4. The first-order valence-electron chi connectivity index (χ1n) is 10.8. The van der Waals surface area contributed by atoms with Crippen molar-refractivity contribution in [2.24, 2.45) is 5.10 Å². The summed E-state index contributed by atoms with van der Waals surface area (Å²) in [6, 6.07) is 10.9. The van der Waals surface area contributed by atoms with E-state index in [-0.39, 0.29) is 17.7 Å². The molecular formula is C23H23ClN4O3S. The van der Waals surface area contributed by atoms with Crippen molar-refractivity contribution >= 4 is 35.0 Å². The summed E-state index contributed by atoms with van der Waals surface area (Å²) in [6.45, 7) is 0. The van der Waals surface area contributed by atoms with Crippen LogP contribution in [0.4, 0.5) is 0 Å². The van der Waals surface area contributed by atoms with Gasteiger partial charge in [0.1, 0.15) is 11.8 Å². The van der Waals surface area contributed by atoms with Gasteiger partial charge in [-0.2, -0.15) is 5.10 Å². The van der Waals surface area contributed by atoms with Crippen molar-refractivity contribution in [3.8, 4) is 0 Å². The highest BCUT2D eigenvalue weighted by Gasteiger charge is 2.35. The number of furan rings is 1. The van der Waals surface area contributed by atoms with Gasteiger partial charge in [0.15, 0.2) is 0 Å². The van der Waals surface area contributed by atoms with Crippen molar-refractivity contribution in [1.29, 1.82) is 0 Å². The fraction of sp³-hybridized carbons (Fsp3) is 0.391. The number of hydrogen-bond acceptors (Lipinski definition) is 7. The quantitative estimate of drug-likeness (QED) is 0.421. The van der Waals surface area contributed by atoms with Gasteiger partial charge < -0.3 is 8.83 Å². The average molecular weight is 471 g/mol.